The van der Waals surface area contributed by atoms with E-state index in [1.54, 1.807) is 24.9 Å². The van der Waals surface area contributed by atoms with Gasteiger partial charge < -0.3 is 5.32 Å². The Morgan fingerprint density at radius 2 is 2.57 bits per heavy atom. The van der Waals surface area contributed by atoms with Crippen LogP contribution in [0.15, 0.2) is 12.3 Å². The molecule has 0 aliphatic heterocycles. The van der Waals surface area contributed by atoms with Crippen LogP contribution < -0.4 is 5.32 Å². The number of hydrogen-bond acceptors (Lipinski definition) is 3. The van der Waals surface area contributed by atoms with Gasteiger partial charge in [0.05, 0.1) is 18.3 Å². The maximum atomic E-state index is 11.2. The lowest BCUT2D eigenvalue weighted by molar-refractivity contribution is -0.123. The minimum Gasteiger partial charge on any atom is -0.349 e. The highest BCUT2D eigenvalue weighted by atomic mass is 16.1. The summed E-state index contributed by atoms with van der Waals surface area (Å²) in [4.78, 5) is 11.2. The SMILES string of the molecule is CC(C#N)C(=O)NCc1ccnn1C. The minimum absolute atomic E-state index is 0.256. The number of nitrogens with zero attached hydrogens (tertiary/aromatic N) is 3. The number of hydrogen-bond donors (Lipinski definition) is 1. The minimum atomic E-state index is -0.608. The molecule has 0 aliphatic rings. The van der Waals surface area contributed by atoms with Gasteiger partial charge in [0.25, 0.3) is 0 Å². The molecule has 0 spiro atoms. The number of aryl methyl sites for hydroxylation is 1. The number of carbonyl (C=O) groups excluding carboxylic acids is 1. The van der Waals surface area contributed by atoms with Crippen molar-refractivity contribution in [2.75, 3.05) is 0 Å². The summed E-state index contributed by atoms with van der Waals surface area (Å²) < 4.78 is 1.68. The van der Waals surface area contributed by atoms with Crippen molar-refractivity contribution in [2.45, 2.75) is 13.5 Å². The molecule has 14 heavy (non-hydrogen) atoms. The summed E-state index contributed by atoms with van der Waals surface area (Å²) in [6, 6.07) is 3.69. The normalized spacial score (nSPS) is 11.8. The molecule has 1 rings (SSSR count). The maximum Gasteiger partial charge on any atom is 0.237 e. The summed E-state index contributed by atoms with van der Waals surface area (Å²) in [5, 5.41) is 15.1. The van der Waals surface area contributed by atoms with Gasteiger partial charge in [-0.2, -0.15) is 10.4 Å². The zero-order valence-corrected chi connectivity index (χ0v) is 8.19. The molecule has 1 unspecified atom stereocenters. The van der Waals surface area contributed by atoms with Crippen molar-refractivity contribution in [3.05, 3.63) is 18.0 Å². The van der Waals surface area contributed by atoms with Gasteiger partial charge in [-0.15, -0.1) is 0 Å². The van der Waals surface area contributed by atoms with Gasteiger partial charge in [-0.1, -0.05) is 0 Å². The monoisotopic (exact) mass is 192 g/mol. The van der Waals surface area contributed by atoms with E-state index in [1.165, 1.54) is 0 Å². The number of amides is 1. The van der Waals surface area contributed by atoms with Crippen LogP contribution in [-0.2, 0) is 18.4 Å². The van der Waals surface area contributed by atoms with E-state index in [0.29, 0.717) is 6.54 Å². The largest absolute Gasteiger partial charge is 0.349 e. The molecule has 5 heteroatoms. The molecule has 74 valence electrons. The van der Waals surface area contributed by atoms with Crippen molar-refractivity contribution in [3.8, 4) is 6.07 Å². The van der Waals surface area contributed by atoms with Crippen LogP contribution in [0.5, 0.6) is 0 Å². The molecule has 0 radical (unpaired) electrons. The molecule has 1 heterocycles. The molecule has 0 saturated carbocycles. The fourth-order valence-electron chi connectivity index (χ4n) is 0.964. The highest BCUT2D eigenvalue weighted by Gasteiger charge is 2.11. The van der Waals surface area contributed by atoms with E-state index < -0.39 is 5.92 Å². The molecule has 1 amide bonds. The molecule has 5 nitrogen and oxygen atoms in total. The molecule has 0 aromatic carbocycles. The standard InChI is InChI=1S/C9H12N4O/c1-7(5-10)9(14)11-6-8-3-4-12-13(8)2/h3-4,7H,6H2,1-2H3,(H,11,14). The topological polar surface area (TPSA) is 70.7 Å². The van der Waals surface area contributed by atoms with E-state index >= 15 is 0 Å². The lowest BCUT2D eigenvalue weighted by Crippen LogP contribution is -2.28. The first-order chi connectivity index (χ1) is 6.65. The molecule has 0 bridgehead atoms. The van der Waals surface area contributed by atoms with Crippen LogP contribution >= 0.6 is 0 Å². The van der Waals surface area contributed by atoms with Gasteiger partial charge in [0.1, 0.15) is 5.92 Å². The molecule has 0 saturated heterocycles. The van der Waals surface area contributed by atoms with Gasteiger partial charge in [-0.3, -0.25) is 9.48 Å². The summed E-state index contributed by atoms with van der Waals surface area (Å²) in [7, 11) is 1.80. The molecular weight excluding hydrogens is 180 g/mol. The quantitative estimate of drug-likeness (QED) is 0.743. The fourth-order valence-corrected chi connectivity index (χ4v) is 0.964. The van der Waals surface area contributed by atoms with Crippen LogP contribution in [0.25, 0.3) is 0 Å². The third kappa shape index (κ3) is 2.33. The summed E-state index contributed by atoms with van der Waals surface area (Å²) in [6.07, 6.45) is 1.66. The Hall–Kier alpha value is -1.83. The van der Waals surface area contributed by atoms with Crippen molar-refractivity contribution in [1.29, 1.82) is 5.26 Å². The first-order valence-electron chi connectivity index (χ1n) is 4.29. The summed E-state index contributed by atoms with van der Waals surface area (Å²) >= 11 is 0. The molecule has 0 fully saturated rings. The smallest absolute Gasteiger partial charge is 0.237 e. The lowest BCUT2D eigenvalue weighted by atomic mass is 10.2. The van der Waals surface area contributed by atoms with Crippen molar-refractivity contribution < 1.29 is 4.79 Å². The number of rotatable bonds is 3. The van der Waals surface area contributed by atoms with E-state index in [-0.39, 0.29) is 5.91 Å². The van der Waals surface area contributed by atoms with Crippen molar-refractivity contribution in [2.24, 2.45) is 13.0 Å². The fraction of sp³-hybridized carbons (Fsp3) is 0.444. The number of carbonyl (C=O) groups is 1. The van der Waals surface area contributed by atoms with Gasteiger partial charge in [-0.25, -0.2) is 0 Å². The summed E-state index contributed by atoms with van der Waals surface area (Å²) in [5.74, 6) is -0.864. The first kappa shape index (κ1) is 10.3. The van der Waals surface area contributed by atoms with Gasteiger partial charge in [0, 0.05) is 13.2 Å². The van der Waals surface area contributed by atoms with Crippen molar-refractivity contribution >= 4 is 5.91 Å². The Labute approximate surface area is 82.3 Å². The van der Waals surface area contributed by atoms with Gasteiger partial charge in [0.15, 0.2) is 0 Å². The van der Waals surface area contributed by atoms with Crippen LogP contribution in [0.3, 0.4) is 0 Å². The van der Waals surface area contributed by atoms with Crippen LogP contribution in [0, 0.1) is 17.2 Å². The third-order valence-corrected chi connectivity index (χ3v) is 1.95. The predicted octanol–water partition coefficient (Wildman–Crippen LogP) is 0.196. The molecular formula is C9H12N4O. The Balaban J connectivity index is 2.46. The number of nitrogens with one attached hydrogen (secondary N) is 1. The molecule has 0 aliphatic carbocycles. The van der Waals surface area contributed by atoms with Gasteiger partial charge in [0.2, 0.25) is 5.91 Å². The van der Waals surface area contributed by atoms with Gasteiger partial charge >= 0.3 is 0 Å². The average molecular weight is 192 g/mol. The Bertz CT molecular complexity index is 363. The van der Waals surface area contributed by atoms with Crippen LogP contribution in [0.4, 0.5) is 0 Å². The first-order valence-corrected chi connectivity index (χ1v) is 4.29. The Morgan fingerprint density at radius 3 is 3.07 bits per heavy atom. The lowest BCUT2D eigenvalue weighted by Gasteiger charge is -2.05. The van der Waals surface area contributed by atoms with Gasteiger partial charge in [-0.05, 0) is 13.0 Å². The predicted molar refractivity (Wildman–Crippen MR) is 49.8 cm³/mol. The zero-order valence-electron chi connectivity index (χ0n) is 8.19. The summed E-state index contributed by atoms with van der Waals surface area (Å²) in [6.45, 7) is 1.97. The van der Waals surface area contributed by atoms with E-state index in [9.17, 15) is 4.79 Å². The molecule has 1 aromatic heterocycles. The Morgan fingerprint density at radius 1 is 1.86 bits per heavy atom. The molecule has 1 atom stereocenters. The van der Waals surface area contributed by atoms with E-state index in [0.717, 1.165) is 5.69 Å². The molecule has 1 aromatic rings. The Kier molecular flexibility index (Phi) is 3.24. The second-order valence-electron chi connectivity index (χ2n) is 3.01. The maximum absolute atomic E-state index is 11.2. The molecule has 1 N–H and O–H groups in total. The number of aromatic nitrogens is 2. The third-order valence-electron chi connectivity index (χ3n) is 1.95. The van der Waals surface area contributed by atoms with E-state index in [2.05, 4.69) is 10.4 Å². The number of nitriles is 1. The van der Waals surface area contributed by atoms with E-state index in [4.69, 9.17) is 5.26 Å². The zero-order chi connectivity index (χ0) is 10.6. The highest BCUT2D eigenvalue weighted by Crippen LogP contribution is 1.97. The second kappa shape index (κ2) is 4.42. The summed E-state index contributed by atoms with van der Waals surface area (Å²) in [5.41, 5.74) is 0.906. The highest BCUT2D eigenvalue weighted by molar-refractivity contribution is 5.80. The second-order valence-corrected chi connectivity index (χ2v) is 3.01. The van der Waals surface area contributed by atoms with Crippen molar-refractivity contribution in [3.63, 3.8) is 0 Å². The van der Waals surface area contributed by atoms with Crippen LogP contribution in [0.2, 0.25) is 0 Å². The average Bonchev–Trinajstić information content (AvgIpc) is 2.59. The van der Waals surface area contributed by atoms with Crippen LogP contribution in [0.1, 0.15) is 12.6 Å². The van der Waals surface area contributed by atoms with Crippen LogP contribution in [-0.4, -0.2) is 15.7 Å². The van der Waals surface area contributed by atoms with Crippen molar-refractivity contribution in [1.82, 2.24) is 15.1 Å². The van der Waals surface area contributed by atoms with E-state index in [1.807, 2.05) is 12.1 Å².